The number of aromatic nitrogens is 2. The van der Waals surface area contributed by atoms with Crippen LogP contribution in [-0.4, -0.2) is 36.1 Å². The topological polar surface area (TPSA) is 53.1 Å². The van der Waals surface area contributed by atoms with E-state index in [-0.39, 0.29) is 7.43 Å². The van der Waals surface area contributed by atoms with E-state index in [0.717, 1.165) is 46.5 Å². The Balaban J connectivity index is 0.00000256. The number of fused-ring (bicyclic) bond motifs is 1. The van der Waals surface area contributed by atoms with Crippen molar-refractivity contribution in [1.29, 1.82) is 0 Å². The van der Waals surface area contributed by atoms with Crippen LogP contribution in [0, 0.1) is 0 Å². The van der Waals surface area contributed by atoms with E-state index in [4.69, 9.17) is 9.97 Å². The van der Waals surface area contributed by atoms with Gasteiger partial charge >= 0.3 is 0 Å². The van der Waals surface area contributed by atoms with Crippen molar-refractivity contribution in [3.63, 3.8) is 0 Å². The molecule has 2 N–H and O–H groups in total. The molecule has 0 radical (unpaired) electrons. The number of benzene rings is 2. The van der Waals surface area contributed by atoms with Crippen molar-refractivity contribution in [2.75, 3.05) is 24.3 Å². The molecule has 1 aliphatic carbocycles. The molecule has 0 spiro atoms. The van der Waals surface area contributed by atoms with E-state index in [9.17, 15) is 0 Å². The maximum Gasteiger partial charge on any atom is 0.225 e. The van der Waals surface area contributed by atoms with E-state index >= 15 is 0 Å². The van der Waals surface area contributed by atoms with Crippen molar-refractivity contribution in [2.24, 2.45) is 0 Å². The summed E-state index contributed by atoms with van der Waals surface area (Å²) >= 11 is 3.49. The Bertz CT molecular complexity index is 949. The Morgan fingerprint density at radius 2 is 1.60 bits per heavy atom. The first-order chi connectivity index (χ1) is 14.1. The lowest BCUT2D eigenvalue weighted by Gasteiger charge is -2.30. The Morgan fingerprint density at radius 3 is 2.30 bits per heavy atom. The molecule has 0 atom stereocenters. The third-order valence-electron chi connectivity index (χ3n) is 5.58. The highest BCUT2D eigenvalue weighted by atomic mass is 79.9. The summed E-state index contributed by atoms with van der Waals surface area (Å²) in [5, 5.41) is 8.38. The second kappa shape index (κ2) is 10.2. The summed E-state index contributed by atoms with van der Waals surface area (Å²) in [5.41, 5.74) is 2.31. The molecule has 5 nitrogen and oxygen atoms in total. The lowest BCUT2D eigenvalue weighted by Crippen LogP contribution is -2.37. The summed E-state index contributed by atoms with van der Waals surface area (Å²) in [6.45, 7) is 0.927. The first-order valence-corrected chi connectivity index (χ1v) is 11.1. The zero-order valence-electron chi connectivity index (χ0n) is 17.0. The van der Waals surface area contributed by atoms with Gasteiger partial charge in [-0.2, -0.15) is 4.98 Å². The van der Waals surface area contributed by atoms with Crippen molar-refractivity contribution in [3.8, 4) is 0 Å². The van der Waals surface area contributed by atoms with Crippen LogP contribution in [0.15, 0.2) is 53.0 Å². The van der Waals surface area contributed by atoms with Gasteiger partial charge in [-0.25, -0.2) is 4.98 Å². The molecule has 30 heavy (non-hydrogen) atoms. The van der Waals surface area contributed by atoms with Crippen LogP contribution >= 0.6 is 15.9 Å². The van der Waals surface area contributed by atoms with Crippen LogP contribution in [0.2, 0.25) is 0 Å². The fourth-order valence-electron chi connectivity index (χ4n) is 3.95. The minimum atomic E-state index is 0. The monoisotopic (exact) mass is 469 g/mol. The Hall–Kier alpha value is -2.18. The van der Waals surface area contributed by atoms with Crippen molar-refractivity contribution >= 4 is 38.6 Å². The molecule has 1 aromatic heterocycles. The molecule has 1 heterocycles. The largest absolute Gasteiger partial charge is 0.362 e. The van der Waals surface area contributed by atoms with Gasteiger partial charge in [-0.05, 0) is 55.5 Å². The van der Waals surface area contributed by atoms with E-state index in [1.54, 1.807) is 0 Å². The lowest BCUT2D eigenvalue weighted by molar-refractivity contribution is 0.352. The van der Waals surface area contributed by atoms with Gasteiger partial charge in [0.1, 0.15) is 5.82 Å². The molecule has 1 fully saturated rings. The van der Waals surface area contributed by atoms with E-state index in [2.05, 4.69) is 67.9 Å². The molecule has 1 aliphatic rings. The summed E-state index contributed by atoms with van der Waals surface area (Å²) in [6, 6.07) is 17.7. The third-order valence-corrected chi connectivity index (χ3v) is 6.10. The molecule has 2 aromatic carbocycles. The Labute approximate surface area is 188 Å². The van der Waals surface area contributed by atoms with Gasteiger partial charge in [-0.15, -0.1) is 0 Å². The molecular weight excluding hydrogens is 438 g/mol. The first kappa shape index (κ1) is 22.5. The third kappa shape index (κ3) is 5.49. The maximum atomic E-state index is 4.78. The van der Waals surface area contributed by atoms with Gasteiger partial charge in [-0.3, -0.25) is 0 Å². The van der Waals surface area contributed by atoms with Crippen molar-refractivity contribution in [1.82, 2.24) is 15.3 Å². The van der Waals surface area contributed by atoms with Gasteiger partial charge in [0, 0.05) is 42.6 Å². The highest BCUT2D eigenvalue weighted by molar-refractivity contribution is 9.10. The first-order valence-electron chi connectivity index (χ1n) is 10.3. The van der Waals surface area contributed by atoms with Crippen LogP contribution in [0.4, 0.5) is 11.8 Å². The fourth-order valence-corrected chi connectivity index (χ4v) is 4.22. The zero-order valence-corrected chi connectivity index (χ0v) is 18.6. The standard InChI is InChI=1S/C23H28BrN5.CH4/c1-29(2)22-20-5-3-4-6-21(20)27-23(28-22)26-19-13-11-18(12-14-19)25-15-16-7-9-17(24)10-8-16;/h3-10,18-19,25H,11-15H2,1-2H3,(H,26,27,28);1H4. The molecule has 3 aromatic rings. The number of halogens is 1. The van der Waals surface area contributed by atoms with E-state index in [1.165, 1.54) is 18.4 Å². The number of nitrogens with one attached hydrogen (secondary N) is 2. The quantitative estimate of drug-likeness (QED) is 0.491. The number of rotatable bonds is 6. The van der Waals surface area contributed by atoms with E-state index in [0.29, 0.717) is 12.1 Å². The van der Waals surface area contributed by atoms with Crippen molar-refractivity contribution in [2.45, 2.75) is 51.7 Å². The van der Waals surface area contributed by atoms with Crippen molar-refractivity contribution in [3.05, 3.63) is 58.6 Å². The summed E-state index contributed by atoms with van der Waals surface area (Å²) < 4.78 is 1.13. The molecule has 0 bridgehead atoms. The average Bonchev–Trinajstić information content (AvgIpc) is 2.74. The van der Waals surface area contributed by atoms with Gasteiger partial charge in [0.15, 0.2) is 0 Å². The molecule has 4 rings (SSSR count). The van der Waals surface area contributed by atoms with Gasteiger partial charge in [0.2, 0.25) is 5.95 Å². The highest BCUT2D eigenvalue weighted by Crippen LogP contribution is 2.26. The van der Waals surface area contributed by atoms with Gasteiger partial charge in [-0.1, -0.05) is 47.6 Å². The minimum absolute atomic E-state index is 0. The van der Waals surface area contributed by atoms with Gasteiger partial charge in [0.05, 0.1) is 5.52 Å². The van der Waals surface area contributed by atoms with Gasteiger partial charge in [0.25, 0.3) is 0 Å². The summed E-state index contributed by atoms with van der Waals surface area (Å²) in [5.74, 6) is 1.70. The molecular formula is C24H32BrN5. The lowest BCUT2D eigenvalue weighted by atomic mass is 9.91. The highest BCUT2D eigenvalue weighted by Gasteiger charge is 2.22. The Morgan fingerprint density at radius 1 is 0.933 bits per heavy atom. The summed E-state index contributed by atoms with van der Waals surface area (Å²) in [7, 11) is 4.06. The van der Waals surface area contributed by atoms with Crippen LogP contribution in [0.1, 0.15) is 38.7 Å². The SMILES string of the molecule is C.CN(C)c1nc(NC2CCC(NCc3ccc(Br)cc3)CC2)nc2ccccc12. The smallest absolute Gasteiger partial charge is 0.225 e. The van der Waals surface area contributed by atoms with Crippen LogP contribution in [0.25, 0.3) is 10.9 Å². The summed E-state index contributed by atoms with van der Waals surface area (Å²) in [4.78, 5) is 11.6. The number of hydrogen-bond donors (Lipinski definition) is 2. The second-order valence-corrected chi connectivity index (χ2v) is 8.90. The summed E-state index contributed by atoms with van der Waals surface area (Å²) in [6.07, 6.45) is 4.60. The van der Waals surface area contributed by atoms with Gasteiger partial charge < -0.3 is 15.5 Å². The van der Waals surface area contributed by atoms with Crippen LogP contribution in [-0.2, 0) is 6.54 Å². The van der Waals surface area contributed by atoms with Crippen LogP contribution in [0.5, 0.6) is 0 Å². The number of anilines is 2. The predicted molar refractivity (Wildman–Crippen MR) is 131 cm³/mol. The molecule has 6 heteroatoms. The molecule has 1 saturated carbocycles. The van der Waals surface area contributed by atoms with E-state index < -0.39 is 0 Å². The number of para-hydroxylation sites is 1. The predicted octanol–water partition coefficient (Wildman–Crippen LogP) is 5.61. The normalized spacial score (nSPS) is 18.6. The molecule has 0 amide bonds. The zero-order chi connectivity index (χ0) is 20.2. The maximum absolute atomic E-state index is 4.78. The molecule has 0 unspecified atom stereocenters. The van der Waals surface area contributed by atoms with E-state index in [1.807, 2.05) is 26.2 Å². The minimum Gasteiger partial charge on any atom is -0.362 e. The number of nitrogens with zero attached hydrogens (tertiary/aromatic N) is 3. The van der Waals surface area contributed by atoms with Crippen molar-refractivity contribution < 1.29 is 0 Å². The molecule has 160 valence electrons. The molecule has 0 aliphatic heterocycles. The fraction of sp³-hybridized carbons (Fsp3) is 0.417. The molecule has 0 saturated heterocycles. The van der Waals surface area contributed by atoms with Crippen LogP contribution in [0.3, 0.4) is 0 Å². The second-order valence-electron chi connectivity index (χ2n) is 7.98. The Kier molecular flexibility index (Phi) is 7.67. The number of hydrogen-bond acceptors (Lipinski definition) is 5. The van der Waals surface area contributed by atoms with Crippen LogP contribution < -0.4 is 15.5 Å². The average molecular weight is 470 g/mol.